The van der Waals surface area contributed by atoms with Crippen molar-refractivity contribution >= 4 is 5.78 Å². The van der Waals surface area contributed by atoms with Crippen LogP contribution in [0.5, 0.6) is 11.5 Å². The summed E-state index contributed by atoms with van der Waals surface area (Å²) in [6.07, 6.45) is 0.375. The molecule has 1 aromatic carbocycles. The topological polar surface area (TPSA) is 59.3 Å². The van der Waals surface area contributed by atoms with Crippen LogP contribution in [0.1, 0.15) is 38.7 Å². The van der Waals surface area contributed by atoms with Crippen LogP contribution in [0, 0.1) is 16.7 Å². The fourth-order valence-electron chi connectivity index (χ4n) is 2.05. The van der Waals surface area contributed by atoms with Crippen molar-refractivity contribution in [2.75, 3.05) is 6.79 Å². The predicted octanol–water partition coefficient (Wildman–Crippen LogP) is 3.03. The standard InChI is InChI=1S/C15H17NO3/c1-15(2,3)7-12(17)11(8-16)10-4-5-13-14(6-10)19-9-18-13/h4-6,11H,7,9H2,1-3H3. The summed E-state index contributed by atoms with van der Waals surface area (Å²) in [6, 6.07) is 7.30. The Kier molecular flexibility index (Phi) is 3.48. The van der Waals surface area contributed by atoms with Crippen LogP contribution in [0.25, 0.3) is 0 Å². The van der Waals surface area contributed by atoms with Gasteiger partial charge in [-0.05, 0) is 23.1 Å². The van der Waals surface area contributed by atoms with Gasteiger partial charge in [0.05, 0.1) is 6.07 Å². The van der Waals surface area contributed by atoms with Crippen LogP contribution in [-0.2, 0) is 4.79 Å². The van der Waals surface area contributed by atoms with E-state index in [1.165, 1.54) is 0 Å². The summed E-state index contributed by atoms with van der Waals surface area (Å²) in [7, 11) is 0. The van der Waals surface area contributed by atoms with Gasteiger partial charge in [0, 0.05) is 6.42 Å². The first-order chi connectivity index (χ1) is 8.90. The maximum Gasteiger partial charge on any atom is 0.231 e. The Morgan fingerprint density at radius 3 is 2.68 bits per heavy atom. The van der Waals surface area contributed by atoms with Crippen LogP contribution in [0.15, 0.2) is 18.2 Å². The number of Topliss-reactive ketones (excluding diaryl/α,β-unsaturated/α-hetero) is 1. The SMILES string of the molecule is CC(C)(C)CC(=O)C(C#N)c1ccc2c(c1)OCO2. The molecule has 0 bridgehead atoms. The molecule has 100 valence electrons. The lowest BCUT2D eigenvalue weighted by molar-refractivity contribution is -0.121. The third kappa shape index (κ3) is 3.05. The van der Waals surface area contributed by atoms with Gasteiger partial charge in [0.25, 0.3) is 0 Å². The van der Waals surface area contributed by atoms with Crippen molar-refractivity contribution in [1.82, 2.24) is 0 Å². The number of nitriles is 1. The van der Waals surface area contributed by atoms with Gasteiger partial charge in [-0.3, -0.25) is 4.79 Å². The molecule has 1 aromatic rings. The molecule has 0 N–H and O–H groups in total. The summed E-state index contributed by atoms with van der Waals surface area (Å²) >= 11 is 0. The molecule has 1 atom stereocenters. The van der Waals surface area contributed by atoms with Crippen LogP contribution in [0.4, 0.5) is 0 Å². The van der Waals surface area contributed by atoms with Gasteiger partial charge in [0.15, 0.2) is 17.3 Å². The van der Waals surface area contributed by atoms with E-state index in [9.17, 15) is 10.1 Å². The summed E-state index contributed by atoms with van der Waals surface area (Å²) < 4.78 is 10.5. The van der Waals surface area contributed by atoms with Crippen molar-refractivity contribution in [3.05, 3.63) is 23.8 Å². The molecule has 1 aliphatic heterocycles. The Morgan fingerprint density at radius 1 is 1.37 bits per heavy atom. The number of hydrogen-bond donors (Lipinski definition) is 0. The van der Waals surface area contributed by atoms with Crippen molar-refractivity contribution in [2.24, 2.45) is 5.41 Å². The lowest BCUT2D eigenvalue weighted by atomic mass is 9.84. The van der Waals surface area contributed by atoms with E-state index >= 15 is 0 Å². The fraction of sp³-hybridized carbons (Fsp3) is 0.467. The Morgan fingerprint density at radius 2 is 2.05 bits per heavy atom. The molecule has 0 radical (unpaired) electrons. The minimum atomic E-state index is -0.742. The van der Waals surface area contributed by atoms with E-state index < -0.39 is 5.92 Å². The molecule has 0 aliphatic carbocycles. The molecule has 0 spiro atoms. The first-order valence-electron chi connectivity index (χ1n) is 6.22. The van der Waals surface area contributed by atoms with E-state index in [0.717, 1.165) is 0 Å². The second kappa shape index (κ2) is 4.93. The number of ketones is 1. The van der Waals surface area contributed by atoms with Gasteiger partial charge in [0.2, 0.25) is 6.79 Å². The van der Waals surface area contributed by atoms with Crippen molar-refractivity contribution in [3.8, 4) is 17.6 Å². The van der Waals surface area contributed by atoms with E-state index in [0.29, 0.717) is 23.5 Å². The molecule has 0 aromatic heterocycles. The normalized spacial score (nSPS) is 14.8. The van der Waals surface area contributed by atoms with E-state index in [2.05, 4.69) is 6.07 Å². The number of carbonyl (C=O) groups is 1. The quantitative estimate of drug-likeness (QED) is 0.837. The Hall–Kier alpha value is -2.02. The number of benzene rings is 1. The van der Waals surface area contributed by atoms with Crippen LogP contribution >= 0.6 is 0 Å². The summed E-state index contributed by atoms with van der Waals surface area (Å²) in [5.41, 5.74) is 0.545. The summed E-state index contributed by atoms with van der Waals surface area (Å²) in [4.78, 5) is 12.2. The minimum Gasteiger partial charge on any atom is -0.454 e. The summed E-state index contributed by atoms with van der Waals surface area (Å²) in [5.74, 6) is 0.451. The Bertz CT molecular complexity index is 537. The van der Waals surface area contributed by atoms with E-state index in [1.807, 2.05) is 20.8 Å². The molecule has 1 unspecified atom stereocenters. The van der Waals surface area contributed by atoms with Crippen LogP contribution < -0.4 is 9.47 Å². The zero-order chi connectivity index (χ0) is 14.0. The number of rotatable bonds is 3. The average Bonchev–Trinajstić information content (AvgIpc) is 2.74. The van der Waals surface area contributed by atoms with Gasteiger partial charge >= 0.3 is 0 Å². The average molecular weight is 259 g/mol. The zero-order valence-corrected chi connectivity index (χ0v) is 11.4. The molecular formula is C15H17NO3. The smallest absolute Gasteiger partial charge is 0.231 e. The molecular weight excluding hydrogens is 242 g/mol. The molecule has 1 heterocycles. The van der Waals surface area contributed by atoms with Gasteiger partial charge in [-0.1, -0.05) is 26.8 Å². The molecule has 0 amide bonds. The lowest BCUT2D eigenvalue weighted by Gasteiger charge is -2.19. The number of nitrogens with zero attached hydrogens (tertiary/aromatic N) is 1. The highest BCUT2D eigenvalue weighted by Crippen LogP contribution is 2.35. The van der Waals surface area contributed by atoms with Gasteiger partial charge in [-0.25, -0.2) is 0 Å². The lowest BCUT2D eigenvalue weighted by Crippen LogP contribution is -2.18. The Labute approximate surface area is 112 Å². The first kappa shape index (κ1) is 13.4. The van der Waals surface area contributed by atoms with Gasteiger partial charge in [-0.2, -0.15) is 5.26 Å². The fourth-order valence-corrected chi connectivity index (χ4v) is 2.05. The second-order valence-electron chi connectivity index (χ2n) is 5.88. The van der Waals surface area contributed by atoms with Crippen molar-refractivity contribution in [3.63, 3.8) is 0 Å². The number of carbonyl (C=O) groups excluding carboxylic acids is 1. The van der Waals surface area contributed by atoms with Gasteiger partial charge < -0.3 is 9.47 Å². The van der Waals surface area contributed by atoms with Crippen LogP contribution in [0.3, 0.4) is 0 Å². The monoisotopic (exact) mass is 259 g/mol. The van der Waals surface area contributed by atoms with Gasteiger partial charge in [-0.15, -0.1) is 0 Å². The highest BCUT2D eigenvalue weighted by Gasteiger charge is 2.26. The van der Waals surface area contributed by atoms with E-state index in [-0.39, 0.29) is 18.0 Å². The first-order valence-corrected chi connectivity index (χ1v) is 6.22. The maximum atomic E-state index is 12.2. The third-order valence-corrected chi connectivity index (χ3v) is 2.89. The summed E-state index contributed by atoms with van der Waals surface area (Å²) in [5, 5.41) is 9.25. The van der Waals surface area contributed by atoms with E-state index in [1.54, 1.807) is 18.2 Å². The minimum absolute atomic E-state index is 0.0612. The van der Waals surface area contributed by atoms with Crippen LogP contribution in [-0.4, -0.2) is 12.6 Å². The highest BCUT2D eigenvalue weighted by atomic mass is 16.7. The van der Waals surface area contributed by atoms with E-state index in [4.69, 9.17) is 9.47 Å². The van der Waals surface area contributed by atoms with Crippen LogP contribution in [0.2, 0.25) is 0 Å². The summed E-state index contributed by atoms with van der Waals surface area (Å²) in [6.45, 7) is 6.14. The largest absolute Gasteiger partial charge is 0.454 e. The second-order valence-corrected chi connectivity index (χ2v) is 5.88. The molecule has 0 saturated heterocycles. The molecule has 2 rings (SSSR count). The van der Waals surface area contributed by atoms with Crippen molar-refractivity contribution < 1.29 is 14.3 Å². The number of hydrogen-bond acceptors (Lipinski definition) is 4. The molecule has 0 fully saturated rings. The maximum absolute atomic E-state index is 12.2. The predicted molar refractivity (Wildman–Crippen MR) is 70.0 cm³/mol. The molecule has 4 heteroatoms. The number of fused-ring (bicyclic) bond motifs is 1. The van der Waals surface area contributed by atoms with Gasteiger partial charge in [0.1, 0.15) is 5.92 Å². The molecule has 1 aliphatic rings. The third-order valence-electron chi connectivity index (χ3n) is 2.89. The Balaban J connectivity index is 2.23. The molecule has 0 saturated carbocycles. The van der Waals surface area contributed by atoms with Crippen molar-refractivity contribution in [2.45, 2.75) is 33.1 Å². The molecule has 4 nitrogen and oxygen atoms in total. The van der Waals surface area contributed by atoms with Crippen molar-refractivity contribution in [1.29, 1.82) is 5.26 Å². The number of ether oxygens (including phenoxy) is 2. The molecule has 19 heavy (non-hydrogen) atoms. The zero-order valence-electron chi connectivity index (χ0n) is 11.4. The highest BCUT2D eigenvalue weighted by molar-refractivity contribution is 5.89.